The van der Waals surface area contributed by atoms with Gasteiger partial charge in [-0.3, -0.25) is 0 Å². The van der Waals surface area contributed by atoms with E-state index in [4.69, 9.17) is 0 Å². The average Bonchev–Trinajstić information content (AvgIpc) is 0. The molecule has 0 aromatic heterocycles. The molecule has 37 valence electrons. The minimum Gasteiger partial charge on any atom is -0.412 e. The first-order chi connectivity index (χ1) is 0. The van der Waals surface area contributed by atoms with E-state index in [-0.39, 0.29) is 44.2 Å². The van der Waals surface area contributed by atoms with Crippen molar-refractivity contribution in [2.24, 2.45) is 0 Å². The molecule has 5 heavy (non-hydrogen) atoms. The van der Waals surface area contributed by atoms with E-state index < -0.39 is 0 Å². The SMILES string of the molecule is O.O.O.[Co].[Si]. The molecule has 0 aliphatic carbocycles. The molecule has 6 N–H and O–H groups in total. The Hall–Kier alpha value is 0.603. The van der Waals surface area contributed by atoms with E-state index >= 15 is 0 Å². The van der Waals surface area contributed by atoms with E-state index in [1.165, 1.54) is 0 Å². The minimum absolute atomic E-state index is 0. The van der Waals surface area contributed by atoms with Crippen molar-refractivity contribution in [1.82, 2.24) is 0 Å². The van der Waals surface area contributed by atoms with Crippen molar-refractivity contribution in [3.8, 4) is 0 Å². The minimum atomic E-state index is 0. The second-order valence-electron chi connectivity index (χ2n) is 0. The molecule has 0 aromatic carbocycles. The number of hydrogen-bond acceptors (Lipinski definition) is 0. The van der Waals surface area contributed by atoms with E-state index in [1.54, 1.807) is 0 Å². The van der Waals surface area contributed by atoms with Gasteiger partial charge in [0.1, 0.15) is 0 Å². The fourth-order valence-corrected chi connectivity index (χ4v) is 0. The largest absolute Gasteiger partial charge is 0.412 e. The summed E-state index contributed by atoms with van der Waals surface area (Å²) in [7, 11) is 0. The summed E-state index contributed by atoms with van der Waals surface area (Å²) in [6.07, 6.45) is 0. The zero-order valence-electron chi connectivity index (χ0n) is 2.33. The fourth-order valence-electron chi connectivity index (χ4n) is 0. The van der Waals surface area contributed by atoms with E-state index in [2.05, 4.69) is 0 Å². The Morgan fingerprint density at radius 3 is 0.600 bits per heavy atom. The van der Waals surface area contributed by atoms with Gasteiger partial charge in [-0.05, 0) is 0 Å². The summed E-state index contributed by atoms with van der Waals surface area (Å²) >= 11 is 0. The van der Waals surface area contributed by atoms with E-state index in [0.29, 0.717) is 0 Å². The van der Waals surface area contributed by atoms with Crippen LogP contribution < -0.4 is 0 Å². The molecule has 0 spiro atoms. The summed E-state index contributed by atoms with van der Waals surface area (Å²) in [5, 5.41) is 0. The van der Waals surface area contributed by atoms with Gasteiger partial charge in [0.2, 0.25) is 0 Å². The molecule has 5 heteroatoms. The summed E-state index contributed by atoms with van der Waals surface area (Å²) < 4.78 is 0. The molecule has 3 nitrogen and oxygen atoms in total. The second-order valence-corrected chi connectivity index (χ2v) is 0. The van der Waals surface area contributed by atoms with Gasteiger partial charge in [-0.2, -0.15) is 0 Å². The van der Waals surface area contributed by atoms with Crippen LogP contribution in [0.5, 0.6) is 0 Å². The van der Waals surface area contributed by atoms with Gasteiger partial charge >= 0.3 is 0 Å². The molecule has 5 radical (unpaired) electrons. The van der Waals surface area contributed by atoms with Crippen LogP contribution in [0.2, 0.25) is 0 Å². The molecule has 0 bridgehead atoms. The van der Waals surface area contributed by atoms with Crippen LogP contribution in [0.25, 0.3) is 0 Å². The van der Waals surface area contributed by atoms with Crippen LogP contribution in [-0.4, -0.2) is 27.4 Å². The van der Waals surface area contributed by atoms with Crippen LogP contribution in [0.4, 0.5) is 0 Å². The molecule has 0 rings (SSSR count). The van der Waals surface area contributed by atoms with Gasteiger partial charge in [0.25, 0.3) is 0 Å². The van der Waals surface area contributed by atoms with Crippen molar-refractivity contribution in [2.75, 3.05) is 0 Å². The van der Waals surface area contributed by atoms with Crippen LogP contribution in [-0.2, 0) is 16.8 Å². The van der Waals surface area contributed by atoms with Crippen LogP contribution in [0, 0.1) is 0 Å². The molecule has 0 aliphatic heterocycles. The van der Waals surface area contributed by atoms with Gasteiger partial charge in [0.05, 0.1) is 0 Å². The first kappa shape index (κ1) is 326. The average molecular weight is 141 g/mol. The number of hydrogen-bond donors (Lipinski definition) is 0. The zero-order chi connectivity index (χ0) is 0. The van der Waals surface area contributed by atoms with Crippen molar-refractivity contribution >= 4 is 11.0 Å². The predicted molar refractivity (Wildman–Crippen MR) is 16.6 cm³/mol. The van der Waals surface area contributed by atoms with E-state index in [1.807, 2.05) is 0 Å². The van der Waals surface area contributed by atoms with Gasteiger partial charge in [-0.1, -0.05) is 0 Å². The summed E-state index contributed by atoms with van der Waals surface area (Å²) in [5.74, 6) is 0. The maximum atomic E-state index is 0. The topological polar surface area (TPSA) is 94.5 Å². The molecular formula is H6CoO3Si. The Kier molecular flexibility index (Phi) is 10700. The van der Waals surface area contributed by atoms with E-state index in [9.17, 15) is 0 Å². The van der Waals surface area contributed by atoms with Gasteiger partial charge in [0.15, 0.2) is 0 Å². The molecule has 0 saturated heterocycles. The third kappa shape index (κ3) is 85.7. The Morgan fingerprint density at radius 2 is 0.600 bits per heavy atom. The Bertz CT molecular complexity index is 6.85. The molecule has 0 aliphatic rings. The maximum Gasteiger partial charge on any atom is 0 e. The van der Waals surface area contributed by atoms with Crippen molar-refractivity contribution in [2.45, 2.75) is 0 Å². The smallest absolute Gasteiger partial charge is 0 e. The molecule has 0 atom stereocenters. The normalized spacial score (nSPS) is 0. The maximum absolute atomic E-state index is 0. The third-order valence-electron chi connectivity index (χ3n) is 0. The van der Waals surface area contributed by atoms with Gasteiger partial charge in [0, 0.05) is 27.7 Å². The van der Waals surface area contributed by atoms with Gasteiger partial charge in [-0.25, -0.2) is 0 Å². The molecular weight excluding hydrogens is 135 g/mol. The summed E-state index contributed by atoms with van der Waals surface area (Å²) in [5.41, 5.74) is 0. The monoisotopic (exact) mass is 141 g/mol. The van der Waals surface area contributed by atoms with Crippen molar-refractivity contribution < 1.29 is 33.2 Å². The standard InChI is InChI=1S/Co.3H2O.Si/h;3*1H2;. The van der Waals surface area contributed by atoms with Crippen LogP contribution in [0.1, 0.15) is 0 Å². The molecule has 0 unspecified atom stereocenters. The fraction of sp³-hybridized carbons (Fsp3) is 0. The first-order valence-electron chi connectivity index (χ1n) is 0. The Morgan fingerprint density at radius 1 is 0.600 bits per heavy atom. The van der Waals surface area contributed by atoms with Gasteiger partial charge < -0.3 is 16.4 Å². The summed E-state index contributed by atoms with van der Waals surface area (Å²) in [6, 6.07) is 0. The van der Waals surface area contributed by atoms with Crippen molar-refractivity contribution in [3.05, 3.63) is 0 Å². The summed E-state index contributed by atoms with van der Waals surface area (Å²) in [6.45, 7) is 0. The molecule has 0 amide bonds. The molecule has 0 saturated carbocycles. The van der Waals surface area contributed by atoms with Gasteiger partial charge in [-0.15, -0.1) is 0 Å². The number of rotatable bonds is 0. The zero-order valence-corrected chi connectivity index (χ0v) is 4.37. The Balaban J connectivity index is 0. The third-order valence-corrected chi connectivity index (χ3v) is 0. The van der Waals surface area contributed by atoms with Crippen molar-refractivity contribution in [3.63, 3.8) is 0 Å². The van der Waals surface area contributed by atoms with E-state index in [0.717, 1.165) is 0 Å². The summed E-state index contributed by atoms with van der Waals surface area (Å²) in [4.78, 5) is 0. The van der Waals surface area contributed by atoms with Crippen LogP contribution >= 0.6 is 0 Å². The first-order valence-corrected chi connectivity index (χ1v) is 0. The predicted octanol–water partition coefficient (Wildman–Crippen LogP) is -2.86. The van der Waals surface area contributed by atoms with Crippen LogP contribution in [0.3, 0.4) is 0 Å². The Labute approximate surface area is 44.9 Å². The molecule has 0 fully saturated rings. The quantitative estimate of drug-likeness (QED) is 0.324. The van der Waals surface area contributed by atoms with Crippen molar-refractivity contribution in [1.29, 1.82) is 0 Å². The molecule has 0 heterocycles. The second kappa shape index (κ2) is 164. The molecule has 0 aromatic rings. The van der Waals surface area contributed by atoms with Crippen LogP contribution in [0.15, 0.2) is 0 Å².